The summed E-state index contributed by atoms with van der Waals surface area (Å²) in [6, 6.07) is 8.19. The molecule has 1 aromatic rings. The van der Waals surface area contributed by atoms with Gasteiger partial charge in [0.05, 0.1) is 7.11 Å². The van der Waals surface area contributed by atoms with Gasteiger partial charge in [0.1, 0.15) is 5.54 Å². The minimum atomic E-state index is -0.612. The second kappa shape index (κ2) is 5.70. The van der Waals surface area contributed by atoms with E-state index < -0.39 is 5.54 Å². The van der Waals surface area contributed by atoms with Gasteiger partial charge in [0, 0.05) is 5.69 Å². The molecule has 1 aromatic carbocycles. The smallest absolute Gasteiger partial charge is 0.331 e. The van der Waals surface area contributed by atoms with Crippen LogP contribution in [-0.2, 0) is 9.53 Å². The number of carbonyl (C=O) groups is 1. The third-order valence-electron chi connectivity index (χ3n) is 4.86. The summed E-state index contributed by atoms with van der Waals surface area (Å²) in [5.74, 6) is 0.0843. The van der Waals surface area contributed by atoms with Gasteiger partial charge in [-0.1, -0.05) is 38.5 Å². The maximum absolute atomic E-state index is 12.5. The Morgan fingerprint density at radius 3 is 2.38 bits per heavy atom. The van der Waals surface area contributed by atoms with E-state index in [9.17, 15) is 4.79 Å². The van der Waals surface area contributed by atoms with Crippen LogP contribution >= 0.6 is 0 Å². The van der Waals surface area contributed by atoms with Crippen molar-refractivity contribution in [3.05, 3.63) is 29.8 Å². The van der Waals surface area contributed by atoms with Gasteiger partial charge in [-0.3, -0.25) is 0 Å². The van der Waals surface area contributed by atoms with E-state index in [0.717, 1.165) is 24.9 Å². The van der Waals surface area contributed by atoms with Crippen LogP contribution in [-0.4, -0.2) is 18.6 Å². The van der Waals surface area contributed by atoms with Crippen molar-refractivity contribution >= 4 is 11.7 Å². The Labute approximate surface area is 128 Å². The molecule has 3 nitrogen and oxygen atoms in total. The average molecular weight is 289 g/mol. The lowest BCUT2D eigenvalue weighted by molar-refractivity contribution is -0.150. The molecule has 1 aliphatic carbocycles. The zero-order valence-electron chi connectivity index (χ0n) is 13.8. The van der Waals surface area contributed by atoms with Gasteiger partial charge in [-0.25, -0.2) is 4.79 Å². The van der Waals surface area contributed by atoms with Gasteiger partial charge < -0.3 is 10.1 Å². The van der Waals surface area contributed by atoms with Crippen LogP contribution in [0.1, 0.15) is 45.6 Å². The van der Waals surface area contributed by atoms with Crippen molar-refractivity contribution in [2.24, 2.45) is 11.3 Å². The molecular formula is C18H27NO2. The number of methoxy groups -OCH3 is 1. The van der Waals surface area contributed by atoms with Gasteiger partial charge in [0.15, 0.2) is 0 Å². The Kier molecular flexibility index (Phi) is 4.31. The Hall–Kier alpha value is -1.51. The van der Waals surface area contributed by atoms with Crippen molar-refractivity contribution in [2.75, 3.05) is 12.4 Å². The molecule has 0 amide bonds. The van der Waals surface area contributed by atoms with E-state index in [2.05, 4.69) is 45.1 Å². The molecule has 0 radical (unpaired) electrons. The molecule has 116 valence electrons. The number of hydrogen-bond acceptors (Lipinski definition) is 3. The topological polar surface area (TPSA) is 38.3 Å². The fourth-order valence-corrected chi connectivity index (χ4v) is 3.50. The predicted octanol–water partition coefficient (Wildman–Crippen LogP) is 4.16. The summed E-state index contributed by atoms with van der Waals surface area (Å²) in [5, 5.41) is 3.49. The molecule has 0 saturated heterocycles. The van der Waals surface area contributed by atoms with E-state index >= 15 is 0 Å². The molecule has 1 fully saturated rings. The maximum atomic E-state index is 12.5. The highest BCUT2D eigenvalue weighted by molar-refractivity contribution is 5.85. The predicted molar refractivity (Wildman–Crippen MR) is 86.3 cm³/mol. The molecule has 3 heteroatoms. The van der Waals surface area contributed by atoms with Gasteiger partial charge in [0.2, 0.25) is 0 Å². The second-order valence-electron chi connectivity index (χ2n) is 7.22. The van der Waals surface area contributed by atoms with Crippen molar-refractivity contribution in [3.8, 4) is 0 Å². The monoisotopic (exact) mass is 289 g/mol. The van der Waals surface area contributed by atoms with Gasteiger partial charge in [-0.2, -0.15) is 0 Å². The summed E-state index contributed by atoms with van der Waals surface area (Å²) in [6.45, 7) is 8.76. The second-order valence-corrected chi connectivity index (χ2v) is 7.22. The van der Waals surface area contributed by atoms with Crippen LogP contribution in [0.15, 0.2) is 24.3 Å². The number of aryl methyl sites for hydroxylation is 1. The molecular weight excluding hydrogens is 262 g/mol. The molecule has 0 aromatic heterocycles. The molecule has 0 bridgehead atoms. The van der Waals surface area contributed by atoms with Gasteiger partial charge in [-0.15, -0.1) is 0 Å². The summed E-state index contributed by atoms with van der Waals surface area (Å²) in [7, 11) is 1.48. The lowest BCUT2D eigenvalue weighted by Crippen LogP contribution is -2.56. The fourth-order valence-electron chi connectivity index (χ4n) is 3.50. The Morgan fingerprint density at radius 1 is 1.24 bits per heavy atom. The summed E-state index contributed by atoms with van der Waals surface area (Å²) in [6.07, 6.45) is 2.84. The van der Waals surface area contributed by atoms with Crippen LogP contribution in [0.3, 0.4) is 0 Å². The molecule has 1 N–H and O–H groups in total. The first-order valence-corrected chi connectivity index (χ1v) is 7.72. The Morgan fingerprint density at radius 2 is 1.86 bits per heavy atom. The summed E-state index contributed by atoms with van der Waals surface area (Å²) < 4.78 is 5.13. The third kappa shape index (κ3) is 3.22. The van der Waals surface area contributed by atoms with Gasteiger partial charge in [-0.05, 0) is 49.7 Å². The minimum Gasteiger partial charge on any atom is -0.467 e. The SMILES string of the molecule is COC(=O)C1(Nc2ccc(C)cc2)CCC(C)(C)CC1C. The zero-order chi connectivity index (χ0) is 15.7. The van der Waals surface area contributed by atoms with Crippen LogP contribution in [0.25, 0.3) is 0 Å². The molecule has 0 heterocycles. The fraction of sp³-hybridized carbons (Fsp3) is 0.611. The van der Waals surface area contributed by atoms with Crippen LogP contribution < -0.4 is 5.32 Å². The molecule has 2 atom stereocenters. The third-order valence-corrected chi connectivity index (χ3v) is 4.86. The average Bonchev–Trinajstić information content (AvgIpc) is 2.43. The van der Waals surface area contributed by atoms with Crippen molar-refractivity contribution < 1.29 is 9.53 Å². The van der Waals surface area contributed by atoms with Crippen LogP contribution in [0, 0.1) is 18.3 Å². The largest absolute Gasteiger partial charge is 0.467 e. The normalized spacial score (nSPS) is 28.0. The highest BCUT2D eigenvalue weighted by atomic mass is 16.5. The first-order valence-electron chi connectivity index (χ1n) is 7.72. The molecule has 0 spiro atoms. The van der Waals surface area contributed by atoms with Crippen molar-refractivity contribution in [3.63, 3.8) is 0 Å². The highest BCUT2D eigenvalue weighted by Gasteiger charge is 2.50. The number of carbonyl (C=O) groups excluding carboxylic acids is 1. The summed E-state index contributed by atoms with van der Waals surface area (Å²) in [5.41, 5.74) is 1.87. The first-order chi connectivity index (χ1) is 9.79. The van der Waals surface area contributed by atoms with E-state index in [1.165, 1.54) is 12.7 Å². The number of benzene rings is 1. The number of nitrogens with one attached hydrogen (secondary N) is 1. The zero-order valence-corrected chi connectivity index (χ0v) is 13.8. The van der Waals surface area contributed by atoms with Crippen LogP contribution in [0.5, 0.6) is 0 Å². The molecule has 21 heavy (non-hydrogen) atoms. The van der Waals surface area contributed by atoms with Crippen molar-refractivity contribution in [1.29, 1.82) is 0 Å². The first kappa shape index (κ1) is 15.9. The van der Waals surface area contributed by atoms with Gasteiger partial charge in [0.25, 0.3) is 0 Å². The standard InChI is InChI=1S/C18H27NO2/c1-13-6-8-15(9-7-13)19-18(16(20)21-5)11-10-17(3,4)12-14(18)2/h6-9,14,19H,10-12H2,1-5H3. The molecule has 2 unspecified atom stereocenters. The van der Waals surface area contributed by atoms with E-state index in [1.807, 2.05) is 12.1 Å². The quantitative estimate of drug-likeness (QED) is 0.849. The lowest BCUT2D eigenvalue weighted by Gasteiger charge is -2.47. The number of ether oxygens (including phenoxy) is 1. The number of esters is 1. The van der Waals surface area contributed by atoms with E-state index in [-0.39, 0.29) is 17.3 Å². The maximum Gasteiger partial charge on any atom is 0.331 e. The molecule has 1 aliphatic rings. The lowest BCUT2D eigenvalue weighted by atomic mass is 9.63. The molecule has 2 rings (SSSR count). The van der Waals surface area contributed by atoms with Gasteiger partial charge >= 0.3 is 5.97 Å². The summed E-state index contributed by atoms with van der Waals surface area (Å²) in [4.78, 5) is 12.5. The van der Waals surface area contributed by atoms with Crippen LogP contribution in [0.2, 0.25) is 0 Å². The Balaban J connectivity index is 2.30. The van der Waals surface area contributed by atoms with Crippen molar-refractivity contribution in [1.82, 2.24) is 0 Å². The Bertz CT molecular complexity index is 506. The van der Waals surface area contributed by atoms with Crippen LogP contribution in [0.4, 0.5) is 5.69 Å². The highest BCUT2D eigenvalue weighted by Crippen LogP contribution is 2.45. The van der Waals surface area contributed by atoms with E-state index in [0.29, 0.717) is 0 Å². The van der Waals surface area contributed by atoms with E-state index in [4.69, 9.17) is 4.74 Å². The minimum absolute atomic E-state index is 0.147. The van der Waals surface area contributed by atoms with Crippen molar-refractivity contribution in [2.45, 2.75) is 52.5 Å². The molecule has 0 aliphatic heterocycles. The number of rotatable bonds is 3. The number of anilines is 1. The van der Waals surface area contributed by atoms with E-state index in [1.54, 1.807) is 0 Å². The summed E-state index contributed by atoms with van der Waals surface area (Å²) >= 11 is 0. The number of hydrogen-bond donors (Lipinski definition) is 1. The molecule has 1 saturated carbocycles.